The predicted molar refractivity (Wildman–Crippen MR) is 133 cm³/mol. The topological polar surface area (TPSA) is 71.0 Å². The van der Waals surface area contributed by atoms with Crippen LogP contribution in [0, 0.1) is 13.8 Å². The van der Waals surface area contributed by atoms with Crippen LogP contribution in [0.2, 0.25) is 0 Å². The molecule has 1 aromatic carbocycles. The van der Waals surface area contributed by atoms with E-state index in [-0.39, 0.29) is 5.91 Å². The number of benzene rings is 1. The van der Waals surface area contributed by atoms with Crippen molar-refractivity contribution >= 4 is 43.9 Å². The lowest BCUT2D eigenvalue weighted by Crippen LogP contribution is -2.29. The number of hydrogen-bond donors (Lipinski definition) is 1. The second-order valence-electron chi connectivity index (χ2n) is 8.97. The summed E-state index contributed by atoms with van der Waals surface area (Å²) in [5.41, 5.74) is 4.37. The van der Waals surface area contributed by atoms with Crippen LogP contribution in [0.5, 0.6) is 0 Å². The average Bonchev–Trinajstić information content (AvgIpc) is 3.49. The fourth-order valence-corrected chi connectivity index (χ4v) is 6.71. The molecule has 168 valence electrons. The molecule has 2 aliphatic rings. The molecule has 1 aliphatic heterocycles. The summed E-state index contributed by atoms with van der Waals surface area (Å²) in [4.78, 5) is 32.7. The van der Waals surface area contributed by atoms with E-state index in [0.717, 1.165) is 59.0 Å². The van der Waals surface area contributed by atoms with Gasteiger partial charge in [-0.05, 0) is 37.8 Å². The number of aromatic nitrogens is 3. The molecule has 0 saturated heterocycles. The Morgan fingerprint density at radius 2 is 1.94 bits per heavy atom. The smallest absolute Gasteiger partial charge is 0.267 e. The Morgan fingerprint density at radius 3 is 2.73 bits per heavy atom. The average molecular weight is 476 g/mol. The maximum atomic E-state index is 13.2. The molecule has 4 heterocycles. The number of anilines is 1. The first kappa shape index (κ1) is 20.9. The lowest BCUT2D eigenvalue weighted by atomic mass is 10.1. The molecule has 1 saturated carbocycles. The van der Waals surface area contributed by atoms with Gasteiger partial charge in [-0.25, -0.2) is 15.0 Å². The van der Waals surface area contributed by atoms with Gasteiger partial charge in [0.2, 0.25) is 0 Å². The van der Waals surface area contributed by atoms with E-state index in [1.807, 2.05) is 19.9 Å². The zero-order valence-corrected chi connectivity index (χ0v) is 20.4. The molecular weight excluding hydrogens is 450 g/mol. The van der Waals surface area contributed by atoms with Crippen LogP contribution in [-0.2, 0) is 19.5 Å². The standard InChI is InChI=1S/C25H25N5OS2/c1-14-20-15(2)26-22(17-8-9-17)28-24(20)33-21(14)23(31)29-25-27-18-10-11-30(13-19(18)32-25)12-16-6-4-3-5-7-16/h3-7,17H,8-13H2,1-2H3,(H,27,29,31). The van der Waals surface area contributed by atoms with Crippen LogP contribution < -0.4 is 5.32 Å². The van der Waals surface area contributed by atoms with Crippen molar-refractivity contribution in [3.63, 3.8) is 0 Å². The molecule has 1 N–H and O–H groups in total. The molecule has 6 nitrogen and oxygen atoms in total. The molecule has 8 heteroatoms. The van der Waals surface area contributed by atoms with Gasteiger partial charge in [-0.3, -0.25) is 15.0 Å². The van der Waals surface area contributed by atoms with Crippen LogP contribution in [0.25, 0.3) is 10.2 Å². The third kappa shape index (κ3) is 4.07. The highest BCUT2D eigenvalue weighted by Crippen LogP contribution is 2.40. The molecule has 6 rings (SSSR count). The number of hydrogen-bond acceptors (Lipinski definition) is 7. The van der Waals surface area contributed by atoms with Gasteiger partial charge >= 0.3 is 0 Å². The van der Waals surface area contributed by atoms with E-state index >= 15 is 0 Å². The predicted octanol–water partition coefficient (Wildman–Crippen LogP) is 5.45. The minimum atomic E-state index is -0.102. The number of carbonyl (C=O) groups excluding carboxylic acids is 1. The first-order valence-electron chi connectivity index (χ1n) is 11.4. The number of carbonyl (C=O) groups is 1. The molecule has 0 spiro atoms. The summed E-state index contributed by atoms with van der Waals surface area (Å²) >= 11 is 3.06. The summed E-state index contributed by atoms with van der Waals surface area (Å²) in [5.74, 6) is 1.33. The van der Waals surface area contributed by atoms with E-state index in [1.54, 1.807) is 11.3 Å². The van der Waals surface area contributed by atoms with Gasteiger partial charge in [-0.2, -0.15) is 0 Å². The number of nitrogens with zero attached hydrogens (tertiary/aromatic N) is 4. The molecule has 1 fully saturated rings. The van der Waals surface area contributed by atoms with Crippen molar-refractivity contribution in [2.45, 2.75) is 52.1 Å². The Balaban J connectivity index is 1.20. The number of rotatable bonds is 5. The maximum absolute atomic E-state index is 13.2. The largest absolute Gasteiger partial charge is 0.297 e. The van der Waals surface area contributed by atoms with E-state index in [9.17, 15) is 4.79 Å². The van der Waals surface area contributed by atoms with Crippen LogP contribution >= 0.6 is 22.7 Å². The van der Waals surface area contributed by atoms with Crippen molar-refractivity contribution in [3.05, 3.63) is 68.4 Å². The normalized spacial score (nSPS) is 16.2. The Bertz CT molecular complexity index is 1360. The van der Waals surface area contributed by atoms with Crippen molar-refractivity contribution in [1.29, 1.82) is 0 Å². The molecule has 0 atom stereocenters. The van der Waals surface area contributed by atoms with Crippen LogP contribution in [0.4, 0.5) is 5.13 Å². The van der Waals surface area contributed by atoms with Gasteiger partial charge in [-0.1, -0.05) is 30.3 Å². The molecule has 33 heavy (non-hydrogen) atoms. The Labute approximate surface area is 200 Å². The van der Waals surface area contributed by atoms with Crippen molar-refractivity contribution in [2.75, 3.05) is 11.9 Å². The first-order valence-corrected chi connectivity index (χ1v) is 13.0. The maximum Gasteiger partial charge on any atom is 0.267 e. The molecular formula is C25H25N5OS2. The summed E-state index contributed by atoms with van der Waals surface area (Å²) in [6, 6.07) is 10.6. The minimum Gasteiger partial charge on any atom is -0.297 e. The van der Waals surface area contributed by atoms with Crippen LogP contribution in [-0.4, -0.2) is 32.3 Å². The van der Waals surface area contributed by atoms with E-state index < -0.39 is 0 Å². The van der Waals surface area contributed by atoms with Gasteiger partial charge in [0.1, 0.15) is 10.7 Å². The van der Waals surface area contributed by atoms with Crippen molar-refractivity contribution in [3.8, 4) is 0 Å². The number of fused-ring (bicyclic) bond motifs is 2. The number of thiophene rings is 1. The highest BCUT2D eigenvalue weighted by molar-refractivity contribution is 7.21. The molecule has 3 aromatic heterocycles. The fourth-order valence-electron chi connectivity index (χ4n) is 4.53. The summed E-state index contributed by atoms with van der Waals surface area (Å²) in [6.45, 7) is 6.81. The first-order chi connectivity index (χ1) is 16.0. The molecule has 0 unspecified atom stereocenters. The van der Waals surface area contributed by atoms with Gasteiger partial charge in [0.15, 0.2) is 5.13 Å². The quantitative estimate of drug-likeness (QED) is 0.415. The number of nitrogens with one attached hydrogen (secondary N) is 1. The van der Waals surface area contributed by atoms with E-state index in [4.69, 9.17) is 15.0 Å². The molecule has 0 radical (unpaired) electrons. The highest BCUT2D eigenvalue weighted by atomic mass is 32.1. The summed E-state index contributed by atoms with van der Waals surface area (Å²) in [7, 11) is 0. The number of amides is 1. The van der Waals surface area contributed by atoms with Crippen LogP contribution in [0.3, 0.4) is 0 Å². The Kier molecular flexibility index (Phi) is 5.24. The van der Waals surface area contributed by atoms with Crippen LogP contribution in [0.15, 0.2) is 30.3 Å². The van der Waals surface area contributed by atoms with Gasteiger partial charge in [0.05, 0.1) is 16.3 Å². The van der Waals surface area contributed by atoms with Gasteiger partial charge in [0, 0.05) is 42.2 Å². The molecule has 1 amide bonds. The lowest BCUT2D eigenvalue weighted by molar-refractivity contribution is 0.103. The minimum absolute atomic E-state index is 0.102. The third-order valence-corrected chi connectivity index (χ3v) is 8.60. The van der Waals surface area contributed by atoms with Crippen molar-refractivity contribution in [1.82, 2.24) is 19.9 Å². The highest BCUT2D eigenvalue weighted by Gasteiger charge is 2.29. The number of aryl methyl sites for hydroxylation is 2. The summed E-state index contributed by atoms with van der Waals surface area (Å²) < 4.78 is 0. The Morgan fingerprint density at radius 1 is 1.12 bits per heavy atom. The molecule has 1 aliphatic carbocycles. The molecule has 4 aromatic rings. The van der Waals surface area contributed by atoms with E-state index in [2.05, 4.69) is 34.5 Å². The second-order valence-corrected chi connectivity index (χ2v) is 11.0. The van der Waals surface area contributed by atoms with Crippen molar-refractivity contribution in [2.24, 2.45) is 0 Å². The zero-order chi connectivity index (χ0) is 22.5. The monoisotopic (exact) mass is 475 g/mol. The fraction of sp³-hybridized carbons (Fsp3) is 0.360. The van der Waals surface area contributed by atoms with Gasteiger partial charge in [0.25, 0.3) is 5.91 Å². The number of thiazole rings is 1. The van der Waals surface area contributed by atoms with Gasteiger partial charge in [-0.15, -0.1) is 22.7 Å². The van der Waals surface area contributed by atoms with E-state index in [0.29, 0.717) is 15.9 Å². The third-order valence-electron chi connectivity index (χ3n) is 6.42. The lowest BCUT2D eigenvalue weighted by Gasteiger charge is -2.25. The summed E-state index contributed by atoms with van der Waals surface area (Å²) in [6.07, 6.45) is 3.25. The Hall–Kier alpha value is -2.68. The zero-order valence-electron chi connectivity index (χ0n) is 18.7. The summed E-state index contributed by atoms with van der Waals surface area (Å²) in [5, 5.41) is 4.77. The van der Waals surface area contributed by atoms with Crippen LogP contribution in [0.1, 0.15) is 61.6 Å². The van der Waals surface area contributed by atoms with Gasteiger partial charge < -0.3 is 0 Å². The molecule has 0 bridgehead atoms. The van der Waals surface area contributed by atoms with E-state index in [1.165, 1.54) is 34.6 Å². The van der Waals surface area contributed by atoms with Crippen molar-refractivity contribution < 1.29 is 4.79 Å². The second kappa shape index (κ2) is 8.27. The SMILES string of the molecule is Cc1nc(C2CC2)nc2sc(C(=O)Nc3nc4c(s3)CN(Cc3ccccc3)CC4)c(C)c12.